The van der Waals surface area contributed by atoms with Crippen molar-refractivity contribution >= 4 is 11.8 Å². The third-order valence-electron chi connectivity index (χ3n) is 3.67. The molecule has 0 heterocycles. The average Bonchev–Trinajstić information content (AvgIpc) is 2.51. The maximum Gasteiger partial charge on any atom is 0.405 e. The molecule has 2 aromatic rings. The molecule has 0 aliphatic carbocycles. The summed E-state index contributed by atoms with van der Waals surface area (Å²) in [6.45, 7) is 5.28. The van der Waals surface area contributed by atoms with E-state index in [9.17, 15) is 19.3 Å². The van der Waals surface area contributed by atoms with E-state index in [2.05, 4.69) is 5.32 Å². The maximum absolute atomic E-state index is 13.3. The molecule has 0 spiro atoms. The Morgan fingerprint density at radius 1 is 1.23 bits per heavy atom. The van der Waals surface area contributed by atoms with Crippen LogP contribution in [0.15, 0.2) is 42.5 Å². The van der Waals surface area contributed by atoms with Crippen molar-refractivity contribution in [3.05, 3.63) is 64.0 Å². The zero-order valence-corrected chi connectivity index (χ0v) is 14.5. The first-order valence-corrected chi connectivity index (χ1v) is 7.79. The molecule has 2 aromatic carbocycles. The third-order valence-corrected chi connectivity index (χ3v) is 3.67. The number of ether oxygens (including phenoxy) is 1. The molecule has 0 fully saturated rings. The number of halogens is 1. The molecule has 0 radical (unpaired) electrons. The second kappa shape index (κ2) is 7.38. The maximum atomic E-state index is 13.3. The predicted molar refractivity (Wildman–Crippen MR) is 92.9 cm³/mol. The number of carboxylic acid groups (broad SMARTS) is 1. The van der Waals surface area contributed by atoms with Gasteiger partial charge in [-0.05, 0) is 29.7 Å². The fourth-order valence-corrected chi connectivity index (χ4v) is 2.54. The zero-order valence-electron chi connectivity index (χ0n) is 14.5. The summed E-state index contributed by atoms with van der Waals surface area (Å²) in [7, 11) is 0. The second-order valence-electron chi connectivity index (χ2n) is 6.79. The Balaban J connectivity index is 2.50. The van der Waals surface area contributed by atoms with Gasteiger partial charge in [-0.15, -0.1) is 0 Å². The zero-order chi connectivity index (χ0) is 19.5. The highest BCUT2D eigenvalue weighted by Gasteiger charge is 2.33. The van der Waals surface area contributed by atoms with Gasteiger partial charge in [0.2, 0.25) is 0 Å². The third kappa shape index (κ3) is 4.69. The average molecular weight is 362 g/mol. The molecule has 8 heteroatoms. The lowest BCUT2D eigenvalue weighted by Gasteiger charge is -2.30. The van der Waals surface area contributed by atoms with Gasteiger partial charge in [0.1, 0.15) is 17.3 Å². The molecule has 1 atom stereocenters. The molecule has 2 rings (SSSR count). The van der Waals surface area contributed by atoms with E-state index in [0.717, 1.165) is 0 Å². The van der Waals surface area contributed by atoms with Gasteiger partial charge in [-0.1, -0.05) is 26.8 Å². The first-order valence-electron chi connectivity index (χ1n) is 7.79. The Kier molecular flexibility index (Phi) is 5.44. The molecule has 2 N–H and O–H groups in total. The number of rotatable bonds is 5. The van der Waals surface area contributed by atoms with Crippen LogP contribution in [0.1, 0.15) is 32.4 Å². The molecule has 0 aromatic heterocycles. The lowest BCUT2D eigenvalue weighted by Crippen LogP contribution is -2.36. The second-order valence-corrected chi connectivity index (χ2v) is 6.79. The van der Waals surface area contributed by atoms with Crippen LogP contribution in [0, 0.1) is 21.3 Å². The van der Waals surface area contributed by atoms with Crippen molar-refractivity contribution in [2.75, 3.05) is 0 Å². The highest BCUT2D eigenvalue weighted by Crippen LogP contribution is 2.39. The van der Waals surface area contributed by atoms with Crippen molar-refractivity contribution in [2.24, 2.45) is 5.41 Å². The topological polar surface area (TPSA) is 102 Å². The van der Waals surface area contributed by atoms with Gasteiger partial charge in [0, 0.05) is 12.1 Å². The minimum absolute atomic E-state index is 0.166. The Hall–Kier alpha value is -3.16. The molecular formula is C18H19FN2O5. The number of nitro groups is 1. The van der Waals surface area contributed by atoms with Crippen LogP contribution in [0.3, 0.4) is 0 Å². The van der Waals surface area contributed by atoms with Gasteiger partial charge < -0.3 is 15.2 Å². The molecule has 0 aliphatic rings. The van der Waals surface area contributed by atoms with Gasteiger partial charge in [-0.25, -0.2) is 9.18 Å². The minimum atomic E-state index is -1.30. The van der Waals surface area contributed by atoms with Crippen molar-refractivity contribution in [3.8, 4) is 11.5 Å². The Morgan fingerprint density at radius 3 is 2.42 bits per heavy atom. The molecule has 1 unspecified atom stereocenters. The first-order chi connectivity index (χ1) is 12.1. The summed E-state index contributed by atoms with van der Waals surface area (Å²) in [4.78, 5) is 22.0. The largest absolute Gasteiger partial charge is 0.465 e. The standard InChI is InChI=1S/C18H19FN2O5/c1-18(2,3)16(20-17(22)23)14-10-13(7-8-15(14)21(24)25)26-12-6-4-5-11(19)9-12/h4-10,16,20H,1-3H3,(H,22,23). The van der Waals surface area contributed by atoms with Crippen molar-refractivity contribution in [2.45, 2.75) is 26.8 Å². The lowest BCUT2D eigenvalue weighted by molar-refractivity contribution is -0.386. The lowest BCUT2D eigenvalue weighted by atomic mass is 9.81. The van der Waals surface area contributed by atoms with Crippen molar-refractivity contribution in [1.82, 2.24) is 5.32 Å². The summed E-state index contributed by atoms with van der Waals surface area (Å²) in [5.41, 5.74) is -0.704. The van der Waals surface area contributed by atoms with E-state index in [-0.39, 0.29) is 22.7 Å². The fraction of sp³-hybridized carbons (Fsp3) is 0.278. The summed E-state index contributed by atoms with van der Waals surface area (Å²) in [6.07, 6.45) is -1.30. The number of nitrogens with one attached hydrogen (secondary N) is 1. The smallest absolute Gasteiger partial charge is 0.405 e. The van der Waals surface area contributed by atoms with E-state index in [1.165, 1.54) is 36.4 Å². The first kappa shape index (κ1) is 19.2. The molecular weight excluding hydrogens is 343 g/mol. The van der Waals surface area contributed by atoms with E-state index in [0.29, 0.717) is 0 Å². The number of hydrogen-bond donors (Lipinski definition) is 2. The SMILES string of the molecule is CC(C)(C)C(NC(=O)O)c1cc(Oc2cccc(F)c2)ccc1[N+](=O)[O-]. The van der Waals surface area contributed by atoms with Crippen LogP contribution in [-0.2, 0) is 0 Å². The van der Waals surface area contributed by atoms with Crippen LogP contribution in [0.25, 0.3) is 0 Å². The molecule has 0 aliphatic heterocycles. The molecule has 0 bridgehead atoms. The highest BCUT2D eigenvalue weighted by atomic mass is 19.1. The molecule has 7 nitrogen and oxygen atoms in total. The monoisotopic (exact) mass is 362 g/mol. The van der Waals surface area contributed by atoms with Crippen LogP contribution in [0.4, 0.5) is 14.9 Å². The van der Waals surface area contributed by atoms with Crippen LogP contribution in [0.2, 0.25) is 0 Å². The summed E-state index contributed by atoms with van der Waals surface area (Å²) >= 11 is 0. The molecule has 0 saturated carbocycles. The van der Waals surface area contributed by atoms with Crippen LogP contribution in [-0.4, -0.2) is 16.1 Å². The van der Waals surface area contributed by atoms with Gasteiger partial charge in [-0.3, -0.25) is 10.1 Å². The molecule has 0 saturated heterocycles. The van der Waals surface area contributed by atoms with Crippen LogP contribution < -0.4 is 10.1 Å². The van der Waals surface area contributed by atoms with E-state index >= 15 is 0 Å². The number of carbonyl (C=O) groups is 1. The number of amides is 1. The van der Waals surface area contributed by atoms with E-state index < -0.39 is 28.3 Å². The number of benzene rings is 2. The number of nitrogens with zero attached hydrogens (tertiary/aromatic N) is 1. The van der Waals surface area contributed by atoms with Gasteiger partial charge in [0.25, 0.3) is 5.69 Å². The number of hydrogen-bond acceptors (Lipinski definition) is 4. The molecule has 26 heavy (non-hydrogen) atoms. The summed E-state index contributed by atoms with van der Waals surface area (Å²) in [6, 6.07) is 8.63. The minimum Gasteiger partial charge on any atom is -0.465 e. The van der Waals surface area contributed by atoms with Crippen molar-refractivity contribution in [3.63, 3.8) is 0 Å². The molecule has 1 amide bonds. The van der Waals surface area contributed by atoms with Gasteiger partial charge in [0.15, 0.2) is 0 Å². The Morgan fingerprint density at radius 2 is 1.88 bits per heavy atom. The Bertz CT molecular complexity index is 833. The predicted octanol–water partition coefficient (Wildman–Crippen LogP) is 4.88. The Labute approximate surface area is 149 Å². The normalized spacial score (nSPS) is 12.3. The van der Waals surface area contributed by atoms with Crippen LogP contribution in [0.5, 0.6) is 11.5 Å². The van der Waals surface area contributed by atoms with Gasteiger partial charge in [0.05, 0.1) is 16.5 Å². The quantitative estimate of drug-likeness (QED) is 0.583. The van der Waals surface area contributed by atoms with Gasteiger partial charge in [-0.2, -0.15) is 0 Å². The van der Waals surface area contributed by atoms with Crippen molar-refractivity contribution in [1.29, 1.82) is 0 Å². The van der Waals surface area contributed by atoms with Crippen molar-refractivity contribution < 1.29 is 24.0 Å². The summed E-state index contributed by atoms with van der Waals surface area (Å²) in [5, 5.41) is 22.8. The van der Waals surface area contributed by atoms with Gasteiger partial charge >= 0.3 is 6.09 Å². The highest BCUT2D eigenvalue weighted by molar-refractivity contribution is 5.66. The fourth-order valence-electron chi connectivity index (χ4n) is 2.54. The summed E-state index contributed by atoms with van der Waals surface area (Å²) in [5.74, 6) is -0.0225. The van der Waals surface area contributed by atoms with E-state index in [1.807, 2.05) is 0 Å². The van der Waals surface area contributed by atoms with E-state index in [1.54, 1.807) is 26.8 Å². The van der Waals surface area contributed by atoms with Crippen LogP contribution >= 0.6 is 0 Å². The molecule has 138 valence electrons. The number of nitro benzene ring substituents is 1. The summed E-state index contributed by atoms with van der Waals surface area (Å²) < 4.78 is 18.9. The van der Waals surface area contributed by atoms with E-state index in [4.69, 9.17) is 9.84 Å².